The van der Waals surface area contributed by atoms with Gasteiger partial charge in [-0.15, -0.1) is 0 Å². The first-order valence-corrected chi connectivity index (χ1v) is 13.8. The number of nitrogens with one attached hydrogen (secondary N) is 2. The highest BCUT2D eigenvalue weighted by molar-refractivity contribution is 4.75. The minimum Gasteiger partial charge on any atom is -0.316 e. The van der Waals surface area contributed by atoms with E-state index in [0.29, 0.717) is 23.9 Å². The fourth-order valence-corrected chi connectivity index (χ4v) is 4.58. The first-order chi connectivity index (χ1) is 14.9. The third-order valence-electron chi connectivity index (χ3n) is 6.98. The lowest BCUT2D eigenvalue weighted by atomic mass is 10.0. The summed E-state index contributed by atoms with van der Waals surface area (Å²) in [5.74, 6) is 1.42. The van der Waals surface area contributed by atoms with Crippen LogP contribution in [0, 0.1) is 11.8 Å². The van der Waals surface area contributed by atoms with Crippen LogP contribution in [-0.2, 0) is 0 Å². The van der Waals surface area contributed by atoms with Gasteiger partial charge in [0.05, 0.1) is 0 Å². The monoisotopic (exact) mass is 440 g/mol. The Kier molecular flexibility index (Phi) is 20.3. The normalized spacial score (nSPS) is 16.1. The molecule has 0 aromatic rings. The van der Waals surface area contributed by atoms with E-state index in [1.165, 1.54) is 71.1 Å². The van der Waals surface area contributed by atoms with Crippen LogP contribution in [0.3, 0.4) is 0 Å². The van der Waals surface area contributed by atoms with Gasteiger partial charge >= 0.3 is 0 Å². The molecule has 0 saturated heterocycles. The molecule has 0 aliphatic heterocycles. The summed E-state index contributed by atoms with van der Waals surface area (Å²) in [7, 11) is 0. The first kappa shape index (κ1) is 30.8. The van der Waals surface area contributed by atoms with Gasteiger partial charge in [-0.25, -0.2) is 0 Å². The average Bonchev–Trinajstić information content (AvgIpc) is 2.76. The maximum absolute atomic E-state index is 3.71. The fourth-order valence-electron chi connectivity index (χ4n) is 4.58. The summed E-state index contributed by atoms with van der Waals surface area (Å²) in [6.45, 7) is 28.4. The molecule has 0 rings (SSSR count). The fraction of sp³-hybridized carbons (Fsp3) is 1.00. The lowest BCUT2D eigenvalue weighted by Crippen LogP contribution is -2.42. The van der Waals surface area contributed by atoms with E-state index in [9.17, 15) is 0 Å². The predicted octanol–water partition coefficient (Wildman–Crippen LogP) is 5.63. The Bertz CT molecular complexity index is 330. The highest BCUT2D eigenvalue weighted by Crippen LogP contribution is 2.13. The van der Waals surface area contributed by atoms with Gasteiger partial charge in [0.2, 0.25) is 0 Å². The van der Waals surface area contributed by atoms with Crippen molar-refractivity contribution in [3.8, 4) is 0 Å². The second-order valence-electron chi connectivity index (χ2n) is 9.98. The highest BCUT2D eigenvalue weighted by Gasteiger charge is 2.19. The molecular formula is C27H60N4. The van der Waals surface area contributed by atoms with Crippen molar-refractivity contribution < 1.29 is 0 Å². The van der Waals surface area contributed by atoms with Gasteiger partial charge in [0.15, 0.2) is 0 Å². The first-order valence-electron chi connectivity index (χ1n) is 13.8. The van der Waals surface area contributed by atoms with E-state index in [4.69, 9.17) is 0 Å². The zero-order valence-electron chi connectivity index (χ0n) is 22.8. The van der Waals surface area contributed by atoms with Crippen molar-refractivity contribution in [2.45, 2.75) is 112 Å². The number of hydrogen-bond acceptors (Lipinski definition) is 4. The van der Waals surface area contributed by atoms with Gasteiger partial charge in [0.25, 0.3) is 0 Å². The van der Waals surface area contributed by atoms with Crippen LogP contribution in [0.15, 0.2) is 0 Å². The van der Waals surface area contributed by atoms with Gasteiger partial charge in [0, 0.05) is 12.1 Å². The molecule has 0 radical (unpaired) electrons. The topological polar surface area (TPSA) is 30.5 Å². The van der Waals surface area contributed by atoms with Gasteiger partial charge in [-0.2, -0.15) is 0 Å². The standard InChI is InChI=1S/C27H60N4/c1-9-18-30(19-10-2)26(7)24(5)22-28-16-14-13-15-17-29-23-25(6)27(8)31(20-11-3)21-12-4/h24-29H,9-23H2,1-8H3. The van der Waals surface area contributed by atoms with Crippen molar-refractivity contribution in [2.24, 2.45) is 11.8 Å². The van der Waals surface area contributed by atoms with E-state index in [-0.39, 0.29) is 0 Å². The summed E-state index contributed by atoms with van der Waals surface area (Å²) in [5.41, 5.74) is 0. The molecule has 2 N–H and O–H groups in total. The Morgan fingerprint density at radius 2 is 0.839 bits per heavy atom. The summed E-state index contributed by atoms with van der Waals surface area (Å²) < 4.78 is 0. The van der Waals surface area contributed by atoms with E-state index in [0.717, 1.165) is 26.2 Å². The summed E-state index contributed by atoms with van der Waals surface area (Å²) in [6.07, 6.45) is 8.94. The highest BCUT2D eigenvalue weighted by atomic mass is 15.2. The van der Waals surface area contributed by atoms with Gasteiger partial charge in [-0.3, -0.25) is 0 Å². The van der Waals surface area contributed by atoms with Crippen LogP contribution < -0.4 is 10.6 Å². The molecule has 4 unspecified atom stereocenters. The molecule has 0 heterocycles. The lowest BCUT2D eigenvalue weighted by Gasteiger charge is -2.33. The molecule has 0 saturated carbocycles. The van der Waals surface area contributed by atoms with E-state index in [2.05, 4.69) is 75.8 Å². The largest absolute Gasteiger partial charge is 0.316 e. The summed E-state index contributed by atoms with van der Waals surface area (Å²) in [6, 6.07) is 1.35. The summed E-state index contributed by atoms with van der Waals surface area (Å²) >= 11 is 0. The number of hydrogen-bond donors (Lipinski definition) is 2. The molecule has 0 aliphatic rings. The Morgan fingerprint density at radius 1 is 0.516 bits per heavy atom. The Balaban J connectivity index is 3.82. The second-order valence-corrected chi connectivity index (χ2v) is 9.98. The third kappa shape index (κ3) is 14.6. The van der Waals surface area contributed by atoms with Crippen LogP contribution in [0.2, 0.25) is 0 Å². The Labute approximate surface area is 197 Å². The van der Waals surface area contributed by atoms with Crippen molar-refractivity contribution >= 4 is 0 Å². The Morgan fingerprint density at radius 3 is 1.13 bits per heavy atom. The number of nitrogens with zero attached hydrogens (tertiary/aromatic N) is 2. The smallest absolute Gasteiger partial charge is 0.0105 e. The van der Waals surface area contributed by atoms with Crippen molar-refractivity contribution in [1.82, 2.24) is 20.4 Å². The molecule has 0 amide bonds. The summed E-state index contributed by atoms with van der Waals surface area (Å²) in [4.78, 5) is 5.34. The van der Waals surface area contributed by atoms with Crippen LogP contribution in [0.1, 0.15) is 100 Å². The van der Waals surface area contributed by atoms with Crippen LogP contribution >= 0.6 is 0 Å². The minimum absolute atomic E-state index is 0.673. The van der Waals surface area contributed by atoms with Crippen molar-refractivity contribution in [3.05, 3.63) is 0 Å². The van der Waals surface area contributed by atoms with Crippen LogP contribution in [-0.4, -0.2) is 74.2 Å². The predicted molar refractivity (Wildman–Crippen MR) is 141 cm³/mol. The van der Waals surface area contributed by atoms with Crippen molar-refractivity contribution in [3.63, 3.8) is 0 Å². The molecule has 31 heavy (non-hydrogen) atoms. The van der Waals surface area contributed by atoms with Gasteiger partial charge in [-0.05, 0) is 117 Å². The van der Waals surface area contributed by atoms with Gasteiger partial charge < -0.3 is 20.4 Å². The molecule has 4 nitrogen and oxygen atoms in total. The average molecular weight is 441 g/mol. The molecule has 0 aromatic heterocycles. The van der Waals surface area contributed by atoms with Crippen molar-refractivity contribution in [2.75, 3.05) is 52.4 Å². The molecule has 188 valence electrons. The van der Waals surface area contributed by atoms with E-state index in [1.54, 1.807) is 0 Å². The summed E-state index contributed by atoms with van der Waals surface area (Å²) in [5, 5.41) is 7.43. The molecule has 0 bridgehead atoms. The third-order valence-corrected chi connectivity index (χ3v) is 6.98. The molecular weight excluding hydrogens is 380 g/mol. The molecule has 4 heteroatoms. The maximum atomic E-state index is 3.71. The van der Waals surface area contributed by atoms with Gasteiger partial charge in [-0.1, -0.05) is 48.0 Å². The molecule has 0 spiro atoms. The molecule has 0 fully saturated rings. The Hall–Kier alpha value is -0.160. The number of unbranched alkanes of at least 4 members (excludes halogenated alkanes) is 2. The van der Waals surface area contributed by atoms with E-state index < -0.39 is 0 Å². The SMILES string of the molecule is CCCN(CCC)C(C)C(C)CNCCCCCNCC(C)C(C)N(CCC)CCC. The second kappa shape index (κ2) is 20.4. The minimum atomic E-state index is 0.673. The van der Waals surface area contributed by atoms with Crippen LogP contribution in [0.5, 0.6) is 0 Å². The lowest BCUT2D eigenvalue weighted by molar-refractivity contribution is 0.159. The zero-order chi connectivity index (χ0) is 23.5. The molecule has 0 aromatic carbocycles. The van der Waals surface area contributed by atoms with Crippen molar-refractivity contribution in [1.29, 1.82) is 0 Å². The maximum Gasteiger partial charge on any atom is 0.0105 e. The zero-order valence-corrected chi connectivity index (χ0v) is 22.8. The van der Waals surface area contributed by atoms with Crippen LogP contribution in [0.4, 0.5) is 0 Å². The molecule has 0 aliphatic carbocycles. The number of rotatable bonds is 22. The quantitative estimate of drug-likeness (QED) is 0.214. The van der Waals surface area contributed by atoms with E-state index in [1.807, 2.05) is 0 Å². The van der Waals surface area contributed by atoms with Gasteiger partial charge in [0.1, 0.15) is 0 Å². The molecule has 4 atom stereocenters. The van der Waals surface area contributed by atoms with Crippen LogP contribution in [0.25, 0.3) is 0 Å². The van der Waals surface area contributed by atoms with E-state index >= 15 is 0 Å².